The van der Waals surface area contributed by atoms with Crippen molar-refractivity contribution in [1.29, 1.82) is 0 Å². The van der Waals surface area contributed by atoms with Gasteiger partial charge in [0.15, 0.2) is 0 Å². The molecule has 0 fully saturated rings. The van der Waals surface area contributed by atoms with Crippen molar-refractivity contribution in [1.82, 2.24) is 0 Å². The van der Waals surface area contributed by atoms with E-state index in [0.29, 0.717) is 8.95 Å². The van der Waals surface area contributed by atoms with Gasteiger partial charge >= 0.3 is 5.97 Å². The van der Waals surface area contributed by atoms with E-state index in [1.54, 1.807) is 13.8 Å². The maximum Gasteiger partial charge on any atom is 0.335 e. The Kier molecular flexibility index (Phi) is 7.12. The number of primary amides is 1. The van der Waals surface area contributed by atoms with Crippen LogP contribution in [0.15, 0.2) is 21.1 Å². The Labute approximate surface area is 121 Å². The Hall–Kier alpha value is -0.920. The van der Waals surface area contributed by atoms with Crippen LogP contribution in [-0.2, 0) is 0 Å². The van der Waals surface area contributed by atoms with Gasteiger partial charge in [-0.05, 0) is 57.8 Å². The highest BCUT2D eigenvalue weighted by molar-refractivity contribution is 9.11. The summed E-state index contributed by atoms with van der Waals surface area (Å²) in [6, 6.07) is 2.65. The van der Waals surface area contributed by atoms with Crippen LogP contribution in [0.3, 0.4) is 0 Å². The lowest BCUT2D eigenvalue weighted by atomic mass is 10.1. The zero-order valence-electron chi connectivity index (χ0n) is 9.78. The smallest absolute Gasteiger partial charge is 0.335 e. The lowest BCUT2D eigenvalue weighted by Gasteiger charge is -2.04. The molecule has 1 amide bonds. The maximum absolute atomic E-state index is 10.9. The second-order valence-corrected chi connectivity index (χ2v) is 5.29. The number of aromatic carboxylic acids is 1. The number of amides is 1. The van der Waals surface area contributed by atoms with Gasteiger partial charge in [0.25, 0.3) is 5.91 Å². The predicted molar refractivity (Wildman–Crippen MR) is 74.7 cm³/mol. The van der Waals surface area contributed by atoms with Gasteiger partial charge in [0.2, 0.25) is 0 Å². The van der Waals surface area contributed by atoms with E-state index in [1.165, 1.54) is 12.1 Å². The van der Waals surface area contributed by atoms with Gasteiger partial charge in [0.1, 0.15) is 0 Å². The van der Waals surface area contributed by atoms with Gasteiger partial charge < -0.3 is 15.9 Å². The zero-order chi connectivity index (χ0) is 14.5. The van der Waals surface area contributed by atoms with Gasteiger partial charge in [-0.15, -0.1) is 0 Å². The highest BCUT2D eigenvalue weighted by atomic mass is 79.9. The first-order valence-corrected chi connectivity index (χ1v) is 6.45. The normalized spacial score (nSPS) is 9.67. The predicted octanol–water partition coefficient (Wildman–Crippen LogP) is 2.40. The van der Waals surface area contributed by atoms with Crippen LogP contribution in [0, 0.1) is 0 Å². The first-order valence-electron chi connectivity index (χ1n) is 4.87. The van der Waals surface area contributed by atoms with E-state index in [0.717, 1.165) is 0 Å². The molecule has 18 heavy (non-hydrogen) atoms. The fourth-order valence-electron chi connectivity index (χ4n) is 0.932. The number of carbonyl (C=O) groups excluding carboxylic acids is 1. The van der Waals surface area contributed by atoms with Crippen molar-refractivity contribution in [2.45, 2.75) is 20.0 Å². The number of carboxylic acid groups (broad SMARTS) is 1. The topological polar surface area (TPSA) is 101 Å². The van der Waals surface area contributed by atoms with E-state index in [1.807, 2.05) is 0 Å². The van der Waals surface area contributed by atoms with Crippen LogP contribution in [0.1, 0.15) is 34.6 Å². The molecular formula is C11H13Br2NO4. The summed E-state index contributed by atoms with van der Waals surface area (Å²) in [4.78, 5) is 21.6. The number of benzene rings is 1. The summed E-state index contributed by atoms with van der Waals surface area (Å²) in [7, 11) is 0. The average molecular weight is 383 g/mol. The summed E-state index contributed by atoms with van der Waals surface area (Å²) >= 11 is 6.15. The highest BCUT2D eigenvalue weighted by Crippen LogP contribution is 2.26. The molecule has 0 heterocycles. The molecule has 0 aliphatic carbocycles. The van der Waals surface area contributed by atoms with E-state index in [-0.39, 0.29) is 17.2 Å². The Bertz CT molecular complexity index is 435. The monoisotopic (exact) mass is 381 g/mol. The minimum absolute atomic E-state index is 0.0775. The molecule has 7 heteroatoms. The minimum Gasteiger partial charge on any atom is -0.478 e. The van der Waals surface area contributed by atoms with Crippen LogP contribution in [0.2, 0.25) is 0 Å². The molecule has 0 unspecified atom stereocenters. The van der Waals surface area contributed by atoms with Gasteiger partial charge in [-0.25, -0.2) is 4.79 Å². The molecule has 0 aliphatic rings. The van der Waals surface area contributed by atoms with Gasteiger partial charge in [-0.2, -0.15) is 0 Å². The van der Waals surface area contributed by atoms with Crippen molar-refractivity contribution in [2.24, 2.45) is 5.73 Å². The number of nitrogens with two attached hydrogens (primary N) is 1. The molecule has 100 valence electrons. The Morgan fingerprint density at radius 1 is 1.22 bits per heavy atom. The number of aliphatic hydroxyl groups is 1. The Morgan fingerprint density at radius 2 is 1.56 bits per heavy atom. The summed E-state index contributed by atoms with van der Waals surface area (Å²) in [6.07, 6.45) is -0.167. The number of halogens is 2. The van der Waals surface area contributed by atoms with E-state index in [2.05, 4.69) is 31.9 Å². The van der Waals surface area contributed by atoms with Gasteiger partial charge in [-0.3, -0.25) is 4.79 Å². The Morgan fingerprint density at radius 3 is 1.78 bits per heavy atom. The summed E-state index contributed by atoms with van der Waals surface area (Å²) in [6.45, 7) is 3.44. The molecule has 1 aromatic carbocycles. The third-order valence-electron chi connectivity index (χ3n) is 1.54. The summed E-state index contributed by atoms with van der Waals surface area (Å²) in [5.41, 5.74) is 5.40. The summed E-state index contributed by atoms with van der Waals surface area (Å²) < 4.78 is 0.716. The van der Waals surface area contributed by atoms with E-state index < -0.39 is 11.9 Å². The fourth-order valence-corrected chi connectivity index (χ4v) is 2.51. The Balaban J connectivity index is 0.000000631. The first kappa shape index (κ1) is 17.1. The molecule has 1 aromatic rings. The SMILES string of the molecule is CC(C)O.NC(=O)c1c(Br)cc(C(=O)O)cc1Br. The van der Waals surface area contributed by atoms with Crippen LogP contribution in [0.4, 0.5) is 0 Å². The third-order valence-corrected chi connectivity index (χ3v) is 2.79. The van der Waals surface area contributed by atoms with Crippen molar-refractivity contribution in [3.8, 4) is 0 Å². The molecule has 0 aromatic heterocycles. The summed E-state index contributed by atoms with van der Waals surface area (Å²) in [5.74, 6) is -1.69. The maximum atomic E-state index is 10.9. The largest absolute Gasteiger partial charge is 0.478 e. The number of hydrogen-bond acceptors (Lipinski definition) is 3. The van der Waals surface area contributed by atoms with Crippen molar-refractivity contribution in [3.05, 3.63) is 32.2 Å². The fraction of sp³-hybridized carbons (Fsp3) is 0.273. The van der Waals surface area contributed by atoms with Crippen molar-refractivity contribution in [3.63, 3.8) is 0 Å². The quantitative estimate of drug-likeness (QED) is 0.730. The van der Waals surface area contributed by atoms with Gasteiger partial charge in [-0.1, -0.05) is 0 Å². The van der Waals surface area contributed by atoms with Crippen LogP contribution >= 0.6 is 31.9 Å². The molecule has 0 atom stereocenters. The molecule has 4 N–H and O–H groups in total. The number of carbonyl (C=O) groups is 2. The van der Waals surface area contributed by atoms with E-state index >= 15 is 0 Å². The zero-order valence-corrected chi connectivity index (χ0v) is 12.9. The van der Waals surface area contributed by atoms with Crippen LogP contribution in [-0.4, -0.2) is 28.2 Å². The van der Waals surface area contributed by atoms with Crippen molar-refractivity contribution >= 4 is 43.7 Å². The summed E-state index contributed by atoms with van der Waals surface area (Å²) in [5, 5.41) is 16.8. The minimum atomic E-state index is -1.07. The van der Waals surface area contributed by atoms with Crippen LogP contribution in [0.5, 0.6) is 0 Å². The average Bonchev–Trinajstić information content (AvgIpc) is 2.14. The number of rotatable bonds is 2. The van der Waals surface area contributed by atoms with Gasteiger partial charge in [0, 0.05) is 15.0 Å². The second kappa shape index (κ2) is 7.50. The molecule has 0 bridgehead atoms. The lowest BCUT2D eigenvalue weighted by Crippen LogP contribution is -2.13. The molecular weight excluding hydrogens is 370 g/mol. The highest BCUT2D eigenvalue weighted by Gasteiger charge is 2.14. The number of aliphatic hydroxyl groups excluding tert-OH is 1. The second-order valence-electron chi connectivity index (χ2n) is 3.58. The molecule has 0 radical (unpaired) electrons. The lowest BCUT2D eigenvalue weighted by molar-refractivity contribution is 0.0696. The van der Waals surface area contributed by atoms with Crippen molar-refractivity contribution < 1.29 is 19.8 Å². The third kappa shape index (κ3) is 5.61. The van der Waals surface area contributed by atoms with Crippen molar-refractivity contribution in [2.75, 3.05) is 0 Å². The van der Waals surface area contributed by atoms with E-state index in [4.69, 9.17) is 15.9 Å². The standard InChI is InChI=1S/C8H5Br2NO3.C3H8O/c9-4-1-3(8(13)14)2-5(10)6(4)7(11)12;1-3(2)4/h1-2H,(H2,11,12)(H,13,14);3-4H,1-2H3. The van der Waals surface area contributed by atoms with Crippen LogP contribution in [0.25, 0.3) is 0 Å². The number of hydrogen-bond donors (Lipinski definition) is 3. The molecule has 0 saturated carbocycles. The molecule has 0 spiro atoms. The van der Waals surface area contributed by atoms with Crippen LogP contribution < -0.4 is 5.73 Å². The molecule has 0 aliphatic heterocycles. The molecule has 5 nitrogen and oxygen atoms in total. The van der Waals surface area contributed by atoms with Gasteiger partial charge in [0.05, 0.1) is 11.1 Å². The number of carboxylic acids is 1. The molecule has 0 saturated heterocycles. The molecule has 1 rings (SSSR count). The first-order chi connectivity index (χ1) is 8.16. The van der Waals surface area contributed by atoms with E-state index in [9.17, 15) is 9.59 Å².